The van der Waals surface area contributed by atoms with Gasteiger partial charge in [-0.1, -0.05) is 20.3 Å². The van der Waals surface area contributed by atoms with Gasteiger partial charge in [-0.2, -0.15) is 0 Å². The van der Waals surface area contributed by atoms with Crippen molar-refractivity contribution in [2.75, 3.05) is 13.1 Å². The molecule has 0 bridgehead atoms. The van der Waals surface area contributed by atoms with Crippen molar-refractivity contribution in [1.29, 1.82) is 0 Å². The summed E-state index contributed by atoms with van der Waals surface area (Å²) in [6.07, 6.45) is 7.39. The SMILES string of the molecule is CC(C)c1c[nH]c(=S)n1CCCN1CCCCC1C. The van der Waals surface area contributed by atoms with Crippen LogP contribution in [-0.2, 0) is 6.54 Å². The zero-order valence-corrected chi connectivity index (χ0v) is 13.3. The molecule has 1 N–H and O–H groups in total. The fraction of sp³-hybridized carbons (Fsp3) is 0.800. The summed E-state index contributed by atoms with van der Waals surface area (Å²) in [7, 11) is 0. The van der Waals surface area contributed by atoms with Crippen molar-refractivity contribution < 1.29 is 0 Å². The summed E-state index contributed by atoms with van der Waals surface area (Å²) < 4.78 is 3.14. The Hall–Kier alpha value is -0.610. The number of imidazole rings is 1. The first-order chi connectivity index (χ1) is 9.09. The van der Waals surface area contributed by atoms with Gasteiger partial charge in [-0.25, -0.2) is 0 Å². The van der Waals surface area contributed by atoms with Crippen LogP contribution in [0.25, 0.3) is 0 Å². The van der Waals surface area contributed by atoms with Crippen molar-refractivity contribution in [2.24, 2.45) is 0 Å². The van der Waals surface area contributed by atoms with Crippen LogP contribution >= 0.6 is 12.2 Å². The van der Waals surface area contributed by atoms with Crippen LogP contribution in [0, 0.1) is 4.77 Å². The average Bonchev–Trinajstić information content (AvgIpc) is 2.74. The summed E-state index contributed by atoms with van der Waals surface area (Å²) in [5, 5.41) is 0. The number of H-pyrrole nitrogens is 1. The topological polar surface area (TPSA) is 24.0 Å². The van der Waals surface area contributed by atoms with E-state index in [0.717, 1.165) is 17.4 Å². The lowest BCUT2D eigenvalue weighted by atomic mass is 10.0. The van der Waals surface area contributed by atoms with Crippen molar-refractivity contribution >= 4 is 12.2 Å². The second-order valence-electron chi connectivity index (χ2n) is 6.06. The third-order valence-corrected chi connectivity index (χ3v) is 4.60. The van der Waals surface area contributed by atoms with Crippen LogP contribution in [0.4, 0.5) is 0 Å². The Morgan fingerprint density at radius 1 is 1.37 bits per heavy atom. The van der Waals surface area contributed by atoms with Crippen LogP contribution in [0.3, 0.4) is 0 Å². The monoisotopic (exact) mass is 281 g/mol. The Kier molecular flexibility index (Phi) is 5.22. The molecule has 1 aromatic heterocycles. The first kappa shape index (κ1) is 14.8. The first-order valence-corrected chi connectivity index (χ1v) is 8.02. The van der Waals surface area contributed by atoms with E-state index in [1.54, 1.807) is 0 Å². The van der Waals surface area contributed by atoms with Gasteiger partial charge in [0, 0.05) is 31.0 Å². The largest absolute Gasteiger partial charge is 0.337 e. The van der Waals surface area contributed by atoms with Gasteiger partial charge in [0.15, 0.2) is 4.77 Å². The van der Waals surface area contributed by atoms with Gasteiger partial charge in [0.1, 0.15) is 0 Å². The van der Waals surface area contributed by atoms with Gasteiger partial charge in [0.05, 0.1) is 0 Å². The van der Waals surface area contributed by atoms with Crippen molar-refractivity contribution in [3.05, 3.63) is 16.7 Å². The number of aromatic amines is 1. The van der Waals surface area contributed by atoms with Crippen LogP contribution in [-0.4, -0.2) is 33.6 Å². The summed E-state index contributed by atoms with van der Waals surface area (Å²) in [6, 6.07) is 0.762. The van der Waals surface area contributed by atoms with Gasteiger partial charge in [-0.05, 0) is 50.9 Å². The van der Waals surface area contributed by atoms with Crippen molar-refractivity contribution in [3.8, 4) is 0 Å². The highest BCUT2D eigenvalue weighted by Gasteiger charge is 2.17. The minimum absolute atomic E-state index is 0.530. The van der Waals surface area contributed by atoms with Crippen LogP contribution in [0.15, 0.2) is 6.20 Å². The molecule has 0 radical (unpaired) electrons. The lowest BCUT2D eigenvalue weighted by Gasteiger charge is -2.33. The predicted molar refractivity (Wildman–Crippen MR) is 83.2 cm³/mol. The molecule has 3 nitrogen and oxygen atoms in total. The molecule has 2 rings (SSSR count). The van der Waals surface area contributed by atoms with Gasteiger partial charge in [0.25, 0.3) is 0 Å². The fourth-order valence-electron chi connectivity index (χ4n) is 3.04. The normalized spacial score (nSPS) is 21.2. The third-order valence-electron chi connectivity index (χ3n) is 4.26. The molecule has 0 saturated carbocycles. The van der Waals surface area contributed by atoms with Crippen LogP contribution in [0.2, 0.25) is 0 Å². The van der Waals surface area contributed by atoms with Crippen molar-refractivity contribution in [2.45, 2.75) is 65.0 Å². The van der Waals surface area contributed by atoms with E-state index < -0.39 is 0 Å². The molecule has 1 atom stereocenters. The lowest BCUT2D eigenvalue weighted by Crippen LogP contribution is -2.38. The average molecular weight is 281 g/mol. The van der Waals surface area contributed by atoms with E-state index >= 15 is 0 Å². The summed E-state index contributed by atoms with van der Waals surface area (Å²) in [5.41, 5.74) is 1.33. The van der Waals surface area contributed by atoms with Crippen LogP contribution < -0.4 is 0 Å². The molecule has 0 aliphatic carbocycles. The summed E-state index contributed by atoms with van der Waals surface area (Å²) in [4.78, 5) is 5.81. The summed E-state index contributed by atoms with van der Waals surface area (Å²) in [5.74, 6) is 0.530. The maximum absolute atomic E-state index is 5.38. The number of likely N-dealkylation sites (tertiary alicyclic amines) is 1. The highest BCUT2D eigenvalue weighted by Crippen LogP contribution is 2.18. The Morgan fingerprint density at radius 3 is 2.84 bits per heavy atom. The molecule has 4 heteroatoms. The van der Waals surface area contributed by atoms with E-state index in [-0.39, 0.29) is 0 Å². The quantitative estimate of drug-likeness (QED) is 0.827. The number of aromatic nitrogens is 2. The Balaban J connectivity index is 1.88. The zero-order chi connectivity index (χ0) is 13.8. The second kappa shape index (κ2) is 6.71. The minimum Gasteiger partial charge on any atom is -0.337 e. The summed E-state index contributed by atoms with van der Waals surface area (Å²) in [6.45, 7) is 10.3. The highest BCUT2D eigenvalue weighted by molar-refractivity contribution is 7.71. The third kappa shape index (κ3) is 3.69. The zero-order valence-electron chi connectivity index (χ0n) is 12.5. The molecule has 1 fully saturated rings. The lowest BCUT2D eigenvalue weighted by molar-refractivity contribution is 0.156. The number of piperidine rings is 1. The van der Waals surface area contributed by atoms with E-state index in [9.17, 15) is 0 Å². The molecule has 1 aromatic rings. The van der Waals surface area contributed by atoms with Gasteiger partial charge in [0.2, 0.25) is 0 Å². The Morgan fingerprint density at radius 2 is 2.16 bits per heavy atom. The maximum atomic E-state index is 5.38. The summed E-state index contributed by atoms with van der Waals surface area (Å²) >= 11 is 5.38. The van der Waals surface area contributed by atoms with E-state index in [1.165, 1.54) is 44.5 Å². The predicted octanol–water partition coefficient (Wildman–Crippen LogP) is 3.93. The number of hydrogen-bond acceptors (Lipinski definition) is 2. The number of nitrogens with zero attached hydrogens (tertiary/aromatic N) is 2. The van der Waals surface area contributed by atoms with Gasteiger partial charge in [-0.15, -0.1) is 0 Å². The molecular weight excluding hydrogens is 254 g/mol. The fourth-order valence-corrected chi connectivity index (χ4v) is 3.30. The molecule has 19 heavy (non-hydrogen) atoms. The molecule has 1 saturated heterocycles. The van der Waals surface area contributed by atoms with E-state index in [1.807, 2.05) is 0 Å². The Bertz CT molecular complexity index is 446. The van der Waals surface area contributed by atoms with Crippen LogP contribution in [0.5, 0.6) is 0 Å². The van der Waals surface area contributed by atoms with E-state index in [0.29, 0.717) is 5.92 Å². The molecule has 2 heterocycles. The number of nitrogens with one attached hydrogen (secondary N) is 1. The molecule has 1 aliphatic rings. The smallest absolute Gasteiger partial charge is 0.177 e. The van der Waals surface area contributed by atoms with Gasteiger partial charge >= 0.3 is 0 Å². The molecule has 0 amide bonds. The minimum atomic E-state index is 0.530. The first-order valence-electron chi connectivity index (χ1n) is 7.61. The standard InChI is InChI=1S/C15H27N3S/c1-12(2)14-11-16-15(19)18(14)10-6-9-17-8-5-4-7-13(17)3/h11-13H,4-10H2,1-3H3,(H,16,19). The number of rotatable bonds is 5. The molecule has 0 spiro atoms. The van der Waals surface area contributed by atoms with Gasteiger partial charge < -0.3 is 14.5 Å². The van der Waals surface area contributed by atoms with Gasteiger partial charge in [-0.3, -0.25) is 0 Å². The number of hydrogen-bond donors (Lipinski definition) is 1. The maximum Gasteiger partial charge on any atom is 0.177 e. The molecular formula is C15H27N3S. The van der Waals surface area contributed by atoms with E-state index in [2.05, 4.69) is 41.4 Å². The molecule has 0 aromatic carbocycles. The Labute approximate surface area is 122 Å². The van der Waals surface area contributed by atoms with Crippen molar-refractivity contribution in [3.63, 3.8) is 0 Å². The second-order valence-corrected chi connectivity index (χ2v) is 6.45. The van der Waals surface area contributed by atoms with Crippen molar-refractivity contribution in [1.82, 2.24) is 14.5 Å². The molecule has 108 valence electrons. The molecule has 1 aliphatic heterocycles. The van der Waals surface area contributed by atoms with E-state index in [4.69, 9.17) is 12.2 Å². The highest BCUT2D eigenvalue weighted by atomic mass is 32.1. The van der Waals surface area contributed by atoms with Crippen LogP contribution in [0.1, 0.15) is 58.1 Å². The molecule has 1 unspecified atom stereocenters.